The molecule has 0 spiro atoms. The second-order valence-corrected chi connectivity index (χ2v) is 10.4. The molecule has 10 heteroatoms. The fourth-order valence-electron chi connectivity index (χ4n) is 3.88. The minimum Gasteiger partial charge on any atom is -0.506 e. The number of rotatable bonds is 5. The Morgan fingerprint density at radius 2 is 1.88 bits per heavy atom. The molecular weight excluding hydrogens is 456 g/mol. The summed E-state index contributed by atoms with van der Waals surface area (Å²) in [5, 5.41) is 14.3. The third kappa shape index (κ3) is 4.05. The zero-order chi connectivity index (χ0) is 24.8. The summed E-state index contributed by atoms with van der Waals surface area (Å²) < 4.78 is 30.9. The normalized spacial score (nSPS) is 14.4. The lowest BCUT2D eigenvalue weighted by molar-refractivity contribution is 0.0827. The molecule has 0 fully saturated rings. The molecule has 0 bridgehead atoms. The molecule has 1 amide bonds. The van der Waals surface area contributed by atoms with Crippen molar-refractivity contribution in [1.82, 2.24) is 9.47 Å². The van der Waals surface area contributed by atoms with Gasteiger partial charge in [-0.3, -0.25) is 9.59 Å². The minimum atomic E-state index is -4.09. The van der Waals surface area contributed by atoms with Gasteiger partial charge in [0.05, 0.1) is 11.2 Å². The number of aromatic hydroxyl groups is 1. The van der Waals surface area contributed by atoms with Crippen LogP contribution < -0.4 is 10.9 Å². The predicted molar refractivity (Wildman–Crippen MR) is 131 cm³/mol. The molecule has 2 N–H and O–H groups in total. The van der Waals surface area contributed by atoms with Crippen LogP contribution in [0.4, 0.5) is 5.69 Å². The molecule has 0 aliphatic carbocycles. The molecule has 2 aromatic carbocycles. The quantitative estimate of drug-likeness (QED) is 0.577. The SMILES string of the molecule is CC(C)CCn1c(=O)c(C2=NS(=O)(=O)c3ccccc3N2)c(O)c2cc(C(=O)N(C)C)ccc21. The van der Waals surface area contributed by atoms with Crippen LogP contribution in [-0.4, -0.2) is 48.8 Å². The number of aromatic nitrogens is 1. The monoisotopic (exact) mass is 482 g/mol. The Morgan fingerprint density at radius 3 is 2.56 bits per heavy atom. The highest BCUT2D eigenvalue weighted by molar-refractivity contribution is 7.90. The number of sulfonamides is 1. The summed E-state index contributed by atoms with van der Waals surface area (Å²) in [6, 6.07) is 10.9. The Balaban J connectivity index is 2.01. The van der Waals surface area contributed by atoms with E-state index in [9.17, 15) is 23.1 Å². The van der Waals surface area contributed by atoms with E-state index in [-0.39, 0.29) is 33.3 Å². The first kappa shape index (κ1) is 23.5. The molecule has 4 rings (SSSR count). The van der Waals surface area contributed by atoms with E-state index in [0.29, 0.717) is 30.0 Å². The first-order valence-corrected chi connectivity index (χ1v) is 12.3. The number of anilines is 1. The van der Waals surface area contributed by atoms with Crippen LogP contribution in [0, 0.1) is 5.92 Å². The van der Waals surface area contributed by atoms with Gasteiger partial charge in [-0.05, 0) is 42.7 Å². The lowest BCUT2D eigenvalue weighted by Gasteiger charge is -2.21. The Morgan fingerprint density at radius 1 is 1.18 bits per heavy atom. The molecule has 0 unspecified atom stereocenters. The Bertz CT molecular complexity index is 1500. The lowest BCUT2D eigenvalue weighted by atomic mass is 10.0. The Kier molecular flexibility index (Phi) is 5.94. The number of hydrogen-bond acceptors (Lipinski definition) is 6. The van der Waals surface area contributed by atoms with Crippen LogP contribution in [-0.2, 0) is 16.6 Å². The van der Waals surface area contributed by atoms with Crippen molar-refractivity contribution in [2.75, 3.05) is 19.4 Å². The number of nitrogens with zero attached hydrogens (tertiary/aromatic N) is 3. The molecular formula is C24H26N4O5S. The number of amidine groups is 1. The molecule has 34 heavy (non-hydrogen) atoms. The first-order chi connectivity index (χ1) is 16.0. The molecule has 0 radical (unpaired) electrons. The molecule has 0 atom stereocenters. The second kappa shape index (κ2) is 8.60. The summed E-state index contributed by atoms with van der Waals surface area (Å²) >= 11 is 0. The smallest absolute Gasteiger partial charge is 0.286 e. The van der Waals surface area contributed by atoms with Gasteiger partial charge < -0.3 is 19.9 Å². The first-order valence-electron chi connectivity index (χ1n) is 10.8. The summed E-state index contributed by atoms with van der Waals surface area (Å²) in [5.41, 5.74) is 0.199. The van der Waals surface area contributed by atoms with E-state index in [4.69, 9.17) is 0 Å². The topological polar surface area (TPSA) is 121 Å². The van der Waals surface area contributed by atoms with Crippen LogP contribution in [0.5, 0.6) is 5.75 Å². The van der Waals surface area contributed by atoms with Gasteiger partial charge >= 0.3 is 0 Å². The van der Waals surface area contributed by atoms with Crippen molar-refractivity contribution in [3.63, 3.8) is 0 Å². The largest absolute Gasteiger partial charge is 0.506 e. The predicted octanol–water partition coefficient (Wildman–Crippen LogP) is 3.02. The van der Waals surface area contributed by atoms with Gasteiger partial charge in [0.25, 0.3) is 21.5 Å². The number of pyridine rings is 1. The number of amides is 1. The summed E-state index contributed by atoms with van der Waals surface area (Å²) in [6.45, 7) is 4.40. The third-order valence-electron chi connectivity index (χ3n) is 5.69. The zero-order valence-electron chi connectivity index (χ0n) is 19.4. The number of nitrogens with one attached hydrogen (secondary N) is 1. The Hall–Kier alpha value is -3.66. The van der Waals surface area contributed by atoms with Gasteiger partial charge in [-0.2, -0.15) is 8.42 Å². The van der Waals surface area contributed by atoms with E-state index < -0.39 is 21.3 Å². The molecule has 2 heterocycles. The van der Waals surface area contributed by atoms with E-state index in [2.05, 4.69) is 9.71 Å². The van der Waals surface area contributed by atoms with Crippen molar-refractivity contribution in [2.24, 2.45) is 10.3 Å². The van der Waals surface area contributed by atoms with E-state index in [1.807, 2.05) is 13.8 Å². The highest BCUT2D eigenvalue weighted by Crippen LogP contribution is 2.33. The number of benzene rings is 2. The van der Waals surface area contributed by atoms with Gasteiger partial charge in [-0.25, -0.2) is 0 Å². The standard InChI is InChI=1S/C24H26N4O5S/c1-14(2)11-12-28-18-10-9-15(23(30)27(3)4)13-16(18)21(29)20(24(28)31)22-25-17-7-5-6-8-19(17)34(32,33)26-22/h5-10,13-14,29H,11-12H2,1-4H3,(H,25,26). The van der Waals surface area contributed by atoms with Crippen molar-refractivity contribution in [1.29, 1.82) is 0 Å². The molecule has 9 nitrogen and oxygen atoms in total. The van der Waals surface area contributed by atoms with E-state index in [1.54, 1.807) is 44.4 Å². The van der Waals surface area contributed by atoms with E-state index in [0.717, 1.165) is 0 Å². The highest BCUT2D eigenvalue weighted by atomic mass is 32.2. The maximum Gasteiger partial charge on any atom is 0.286 e. The molecule has 0 saturated carbocycles. The van der Waals surface area contributed by atoms with Crippen LogP contribution in [0.25, 0.3) is 10.9 Å². The molecule has 1 aliphatic rings. The maximum absolute atomic E-state index is 13.6. The van der Waals surface area contributed by atoms with Crippen LogP contribution >= 0.6 is 0 Å². The van der Waals surface area contributed by atoms with Crippen molar-refractivity contribution in [3.8, 4) is 5.75 Å². The fourth-order valence-corrected chi connectivity index (χ4v) is 5.00. The molecule has 3 aromatic rings. The third-order valence-corrected chi connectivity index (χ3v) is 7.02. The Labute approximate surface area is 197 Å². The van der Waals surface area contributed by atoms with Gasteiger partial charge in [0.2, 0.25) is 0 Å². The minimum absolute atomic E-state index is 0.0157. The van der Waals surface area contributed by atoms with Crippen molar-refractivity contribution < 1.29 is 18.3 Å². The number of hydrogen-bond donors (Lipinski definition) is 2. The van der Waals surface area contributed by atoms with E-state index in [1.165, 1.54) is 21.6 Å². The number of aryl methyl sites for hydroxylation is 1. The van der Waals surface area contributed by atoms with Gasteiger partial charge in [0.15, 0.2) is 5.84 Å². The summed E-state index contributed by atoms with van der Waals surface area (Å²) in [6.07, 6.45) is 0.679. The van der Waals surface area contributed by atoms with Crippen molar-refractivity contribution in [3.05, 3.63) is 63.9 Å². The number of carbonyl (C=O) groups is 1. The number of para-hydroxylation sites is 1. The van der Waals surface area contributed by atoms with Crippen LogP contribution in [0.15, 0.2) is 56.6 Å². The summed E-state index contributed by atoms with van der Waals surface area (Å²) in [7, 11) is -0.861. The summed E-state index contributed by atoms with van der Waals surface area (Å²) in [5.74, 6) is -0.667. The fraction of sp³-hybridized carbons (Fsp3) is 0.292. The molecule has 178 valence electrons. The average Bonchev–Trinajstić information content (AvgIpc) is 2.77. The average molecular weight is 483 g/mol. The molecule has 1 aromatic heterocycles. The molecule has 1 aliphatic heterocycles. The second-order valence-electron chi connectivity index (χ2n) is 8.83. The van der Waals surface area contributed by atoms with Gasteiger partial charge in [-0.15, -0.1) is 4.40 Å². The van der Waals surface area contributed by atoms with Crippen LogP contribution in [0.3, 0.4) is 0 Å². The maximum atomic E-state index is 13.6. The number of carbonyl (C=O) groups excluding carboxylic acids is 1. The number of fused-ring (bicyclic) bond motifs is 2. The summed E-state index contributed by atoms with van der Waals surface area (Å²) in [4.78, 5) is 27.5. The van der Waals surface area contributed by atoms with Gasteiger partial charge in [-0.1, -0.05) is 26.0 Å². The lowest BCUT2D eigenvalue weighted by Crippen LogP contribution is -2.33. The van der Waals surface area contributed by atoms with E-state index >= 15 is 0 Å². The van der Waals surface area contributed by atoms with Crippen LogP contribution in [0.1, 0.15) is 36.2 Å². The molecule has 0 saturated heterocycles. The zero-order valence-corrected chi connectivity index (χ0v) is 20.2. The van der Waals surface area contributed by atoms with Crippen molar-refractivity contribution >= 4 is 38.4 Å². The van der Waals surface area contributed by atoms with Crippen molar-refractivity contribution in [2.45, 2.75) is 31.7 Å². The van der Waals surface area contributed by atoms with Gasteiger partial charge in [0, 0.05) is 31.6 Å². The van der Waals surface area contributed by atoms with Gasteiger partial charge in [0.1, 0.15) is 16.2 Å². The van der Waals surface area contributed by atoms with Crippen LogP contribution in [0.2, 0.25) is 0 Å². The highest BCUT2D eigenvalue weighted by Gasteiger charge is 2.30.